The minimum Gasteiger partial charge on any atom is -0.380 e. The average molecular weight is 556 g/mol. The van der Waals surface area contributed by atoms with E-state index in [0.717, 1.165) is 43.2 Å². The molecule has 3 heterocycles. The lowest BCUT2D eigenvalue weighted by molar-refractivity contribution is -0.0475. The number of alkyl halides is 2. The molecule has 1 amide bonds. The Bertz CT molecular complexity index is 1450. The van der Waals surface area contributed by atoms with Gasteiger partial charge in [0.25, 0.3) is 11.5 Å². The number of aromatic nitrogens is 3. The van der Waals surface area contributed by atoms with Crippen molar-refractivity contribution in [2.24, 2.45) is 11.8 Å². The third-order valence-corrected chi connectivity index (χ3v) is 9.08. The largest absolute Gasteiger partial charge is 0.380 e. The quantitative estimate of drug-likeness (QED) is 0.412. The molecule has 1 atom stereocenters. The lowest BCUT2D eigenvalue weighted by Gasteiger charge is -2.40. The van der Waals surface area contributed by atoms with Crippen molar-refractivity contribution in [2.45, 2.75) is 70.9 Å². The van der Waals surface area contributed by atoms with Crippen molar-refractivity contribution >= 4 is 27.7 Å². The summed E-state index contributed by atoms with van der Waals surface area (Å²) in [5, 5.41) is 5.68. The molecule has 0 radical (unpaired) electrons. The van der Waals surface area contributed by atoms with E-state index in [2.05, 4.69) is 21.9 Å². The fourth-order valence-electron chi connectivity index (χ4n) is 6.33. The molecule has 1 saturated heterocycles. The van der Waals surface area contributed by atoms with Gasteiger partial charge in [-0.15, -0.1) is 0 Å². The van der Waals surface area contributed by atoms with Crippen LogP contribution in [0.25, 0.3) is 21.8 Å². The fourth-order valence-corrected chi connectivity index (χ4v) is 6.33. The number of nitrogens with one attached hydrogen (secondary N) is 1. The van der Waals surface area contributed by atoms with Gasteiger partial charge in [0.15, 0.2) is 0 Å². The summed E-state index contributed by atoms with van der Waals surface area (Å²) in [5.74, 6) is -1.78. The van der Waals surface area contributed by atoms with Crippen LogP contribution in [0.4, 0.5) is 8.78 Å². The van der Waals surface area contributed by atoms with Crippen molar-refractivity contribution in [1.82, 2.24) is 24.6 Å². The van der Waals surface area contributed by atoms with Crippen LogP contribution in [-0.4, -0.2) is 81.8 Å². The smallest absolute Gasteiger partial charge is 0.259 e. The van der Waals surface area contributed by atoms with Gasteiger partial charge in [-0.2, -0.15) is 5.10 Å². The van der Waals surface area contributed by atoms with Gasteiger partial charge < -0.3 is 14.6 Å². The molecule has 216 valence electrons. The van der Waals surface area contributed by atoms with E-state index >= 15 is 0 Å². The maximum atomic E-state index is 13.8. The number of carbonyl (C=O) groups excluding carboxylic acids is 1. The van der Waals surface area contributed by atoms with Crippen LogP contribution in [0.1, 0.15) is 61.4 Å². The normalized spacial score (nSPS) is 22.4. The SMILES string of the molecule is Cc1cc2[nH]c(=O)c3cnn(CC4CCC(F)(F)CC4)c3c2cc1C(=O)N1CCN(CCOCC2CC2)[C@@H](C)C1. The lowest BCUT2D eigenvalue weighted by Crippen LogP contribution is -2.54. The summed E-state index contributed by atoms with van der Waals surface area (Å²) in [5.41, 5.74) is 2.48. The molecular formula is C30H39F2N5O3. The Labute approximate surface area is 232 Å². The van der Waals surface area contributed by atoms with Gasteiger partial charge in [0.1, 0.15) is 0 Å². The first kappa shape index (κ1) is 27.3. The molecule has 0 spiro atoms. The van der Waals surface area contributed by atoms with Gasteiger partial charge >= 0.3 is 0 Å². The van der Waals surface area contributed by atoms with Crippen molar-refractivity contribution in [1.29, 1.82) is 0 Å². The molecular weight excluding hydrogens is 516 g/mol. The van der Waals surface area contributed by atoms with E-state index in [0.29, 0.717) is 54.5 Å². The summed E-state index contributed by atoms with van der Waals surface area (Å²) in [6.07, 6.45) is 4.74. The van der Waals surface area contributed by atoms with E-state index in [-0.39, 0.29) is 36.3 Å². The van der Waals surface area contributed by atoms with Crippen molar-refractivity contribution in [3.63, 3.8) is 0 Å². The van der Waals surface area contributed by atoms with Crippen LogP contribution in [0.5, 0.6) is 0 Å². The molecule has 2 aliphatic carbocycles. The second kappa shape index (κ2) is 10.9. The zero-order valence-electron chi connectivity index (χ0n) is 23.4. The number of aryl methyl sites for hydroxylation is 1. The molecule has 1 aliphatic heterocycles. The standard InChI is InChI=1S/C30H39F2N5O3/c1-19-13-26-24(27-25(28(38)34-26)15-33-37(27)17-21-5-7-30(31,32)8-6-21)14-23(19)29(39)36-10-9-35(20(2)16-36)11-12-40-18-22-3-4-22/h13-15,20-22H,3-12,16-18H2,1-2H3,(H,34,38)/t20-/m0/s1. The Morgan fingerprint density at radius 2 is 1.90 bits per heavy atom. The van der Waals surface area contributed by atoms with E-state index in [1.807, 2.05) is 24.0 Å². The number of aromatic amines is 1. The minimum atomic E-state index is -2.59. The van der Waals surface area contributed by atoms with Gasteiger partial charge in [-0.05, 0) is 69.1 Å². The van der Waals surface area contributed by atoms with Crippen LogP contribution in [-0.2, 0) is 11.3 Å². The molecule has 40 heavy (non-hydrogen) atoms. The van der Waals surface area contributed by atoms with Gasteiger partial charge in [0.2, 0.25) is 5.92 Å². The number of carbonyl (C=O) groups is 1. The van der Waals surface area contributed by atoms with E-state index in [4.69, 9.17) is 4.74 Å². The molecule has 2 saturated carbocycles. The Kier molecular flexibility index (Phi) is 7.41. The highest BCUT2D eigenvalue weighted by atomic mass is 19.3. The highest BCUT2D eigenvalue weighted by Gasteiger charge is 2.35. The Morgan fingerprint density at radius 3 is 2.62 bits per heavy atom. The predicted octanol–water partition coefficient (Wildman–Crippen LogP) is 4.58. The number of benzene rings is 1. The summed E-state index contributed by atoms with van der Waals surface area (Å²) in [6, 6.07) is 3.97. The number of amides is 1. The minimum absolute atomic E-state index is 0.0178. The maximum absolute atomic E-state index is 13.8. The maximum Gasteiger partial charge on any atom is 0.259 e. The average Bonchev–Trinajstić information content (AvgIpc) is 3.65. The number of nitrogens with zero attached hydrogens (tertiary/aromatic N) is 4. The third-order valence-electron chi connectivity index (χ3n) is 9.08. The summed E-state index contributed by atoms with van der Waals surface area (Å²) in [7, 11) is 0. The van der Waals surface area contributed by atoms with Crippen LogP contribution in [0.2, 0.25) is 0 Å². The second-order valence-electron chi connectivity index (χ2n) is 12.2. The van der Waals surface area contributed by atoms with E-state index < -0.39 is 5.92 Å². The molecule has 6 rings (SSSR count). The first-order valence-corrected chi connectivity index (χ1v) is 14.7. The number of ether oxygens (including phenoxy) is 1. The van der Waals surface area contributed by atoms with Crippen LogP contribution >= 0.6 is 0 Å². The summed E-state index contributed by atoms with van der Waals surface area (Å²) >= 11 is 0. The van der Waals surface area contributed by atoms with Gasteiger partial charge in [-0.1, -0.05) is 0 Å². The highest BCUT2D eigenvalue weighted by Crippen LogP contribution is 2.37. The molecule has 8 nitrogen and oxygen atoms in total. The first-order valence-electron chi connectivity index (χ1n) is 14.7. The molecule has 0 unspecified atom stereocenters. The van der Waals surface area contributed by atoms with E-state index in [1.54, 1.807) is 10.9 Å². The van der Waals surface area contributed by atoms with Crippen LogP contribution in [0, 0.1) is 18.8 Å². The van der Waals surface area contributed by atoms with E-state index in [1.165, 1.54) is 12.8 Å². The van der Waals surface area contributed by atoms with Gasteiger partial charge in [0, 0.05) is 69.2 Å². The van der Waals surface area contributed by atoms with Crippen LogP contribution in [0.15, 0.2) is 23.1 Å². The zero-order valence-corrected chi connectivity index (χ0v) is 23.4. The van der Waals surface area contributed by atoms with Gasteiger partial charge in [-0.25, -0.2) is 8.78 Å². The third kappa shape index (κ3) is 5.65. The molecule has 1 aromatic carbocycles. The molecule has 10 heteroatoms. The molecule has 3 aromatic rings. The van der Waals surface area contributed by atoms with Gasteiger partial charge in [-0.3, -0.25) is 19.2 Å². The molecule has 0 bridgehead atoms. The number of hydrogen-bond donors (Lipinski definition) is 1. The second-order valence-corrected chi connectivity index (χ2v) is 12.2. The first-order chi connectivity index (χ1) is 19.2. The number of H-pyrrole nitrogens is 1. The topological polar surface area (TPSA) is 83.5 Å². The number of halogens is 2. The van der Waals surface area contributed by atoms with Crippen molar-refractivity contribution < 1.29 is 18.3 Å². The van der Waals surface area contributed by atoms with Crippen molar-refractivity contribution in [2.75, 3.05) is 39.4 Å². The summed E-state index contributed by atoms with van der Waals surface area (Å²) in [6.45, 7) is 9.08. The fraction of sp³-hybridized carbons (Fsp3) is 0.633. The number of rotatable bonds is 8. The zero-order chi connectivity index (χ0) is 28.0. The Balaban J connectivity index is 1.22. The summed E-state index contributed by atoms with van der Waals surface area (Å²) < 4.78 is 35.0. The van der Waals surface area contributed by atoms with Crippen LogP contribution < -0.4 is 5.56 Å². The van der Waals surface area contributed by atoms with Crippen LogP contribution in [0.3, 0.4) is 0 Å². The van der Waals surface area contributed by atoms with Crippen molar-refractivity contribution in [3.05, 3.63) is 39.8 Å². The Hall–Kier alpha value is -2.85. The molecule has 1 N–H and O–H groups in total. The van der Waals surface area contributed by atoms with Crippen molar-refractivity contribution in [3.8, 4) is 0 Å². The molecule has 3 fully saturated rings. The number of fused-ring (bicyclic) bond motifs is 3. The molecule has 2 aromatic heterocycles. The molecule has 3 aliphatic rings. The van der Waals surface area contributed by atoms with E-state index in [9.17, 15) is 18.4 Å². The Morgan fingerprint density at radius 1 is 1.12 bits per heavy atom. The van der Waals surface area contributed by atoms with Gasteiger partial charge in [0.05, 0.1) is 29.2 Å². The predicted molar refractivity (Wildman–Crippen MR) is 150 cm³/mol. The summed E-state index contributed by atoms with van der Waals surface area (Å²) in [4.78, 5) is 33.9. The number of piperazine rings is 1. The lowest BCUT2D eigenvalue weighted by atomic mass is 9.87. The highest BCUT2D eigenvalue weighted by molar-refractivity contribution is 6.07. The number of hydrogen-bond acceptors (Lipinski definition) is 5. The monoisotopic (exact) mass is 555 g/mol. The number of pyridine rings is 1.